The molecule has 6 heteroatoms. The summed E-state index contributed by atoms with van der Waals surface area (Å²) in [4.78, 5) is 25.5. The van der Waals surface area contributed by atoms with Crippen molar-refractivity contribution in [2.75, 3.05) is 6.54 Å². The summed E-state index contributed by atoms with van der Waals surface area (Å²) in [6, 6.07) is 10.0. The lowest BCUT2D eigenvalue weighted by Crippen LogP contribution is -2.29. The molecule has 0 spiro atoms. The average molecular weight is 432 g/mol. The number of thioether (sulfide) groups is 1. The number of thiocarbonyl (C=S) groups is 1. The smallest absolute Gasteiger partial charge is 0.303 e. The van der Waals surface area contributed by atoms with Gasteiger partial charge in [-0.1, -0.05) is 92.5 Å². The number of aliphatic carboxylic acids is 1. The molecule has 1 aliphatic rings. The second-order valence-electron chi connectivity index (χ2n) is 7.25. The molecule has 0 radical (unpaired) electrons. The van der Waals surface area contributed by atoms with Gasteiger partial charge in [0.2, 0.25) is 0 Å². The molecular formula is C23H29NO3S2. The molecule has 0 aromatic heterocycles. The first-order valence-electron chi connectivity index (χ1n) is 10.2. The maximum atomic E-state index is 12.7. The normalized spacial score (nSPS) is 16.1. The van der Waals surface area contributed by atoms with E-state index in [4.69, 9.17) is 17.3 Å². The SMILES string of the molecule is CC(/C=C1\SC(=S)N(CCCCCCCCCC(=O)O)C1=O)=C\c1ccccc1. The van der Waals surface area contributed by atoms with E-state index < -0.39 is 5.97 Å². The van der Waals surface area contributed by atoms with Crippen molar-refractivity contribution in [3.63, 3.8) is 0 Å². The van der Waals surface area contributed by atoms with Crippen LogP contribution in [0.2, 0.25) is 0 Å². The van der Waals surface area contributed by atoms with Crippen LogP contribution in [-0.4, -0.2) is 32.7 Å². The number of allylic oxidation sites excluding steroid dienone is 2. The predicted molar refractivity (Wildman–Crippen MR) is 125 cm³/mol. The van der Waals surface area contributed by atoms with Gasteiger partial charge in [0, 0.05) is 13.0 Å². The lowest BCUT2D eigenvalue weighted by atomic mass is 10.1. The van der Waals surface area contributed by atoms with Gasteiger partial charge in [-0.25, -0.2) is 0 Å². The van der Waals surface area contributed by atoms with Crippen LogP contribution in [-0.2, 0) is 9.59 Å². The number of hydrogen-bond acceptors (Lipinski definition) is 4. The Balaban J connectivity index is 1.72. The van der Waals surface area contributed by atoms with Gasteiger partial charge in [0.05, 0.1) is 4.91 Å². The molecule has 1 N–H and O–H groups in total. The molecule has 156 valence electrons. The third kappa shape index (κ3) is 8.54. The summed E-state index contributed by atoms with van der Waals surface area (Å²) < 4.78 is 0.641. The van der Waals surface area contributed by atoms with E-state index in [1.807, 2.05) is 43.3 Å². The van der Waals surface area contributed by atoms with E-state index in [-0.39, 0.29) is 12.3 Å². The second-order valence-corrected chi connectivity index (χ2v) is 8.93. The molecule has 0 bridgehead atoms. The summed E-state index contributed by atoms with van der Waals surface area (Å²) in [6.45, 7) is 2.67. The molecule has 1 fully saturated rings. The van der Waals surface area contributed by atoms with Crippen molar-refractivity contribution >= 4 is 46.3 Å². The number of rotatable bonds is 12. The molecule has 1 aromatic carbocycles. The Labute approximate surface area is 183 Å². The first-order valence-corrected chi connectivity index (χ1v) is 11.4. The van der Waals surface area contributed by atoms with Gasteiger partial charge in [-0.05, 0) is 37.0 Å². The molecule has 1 aliphatic heterocycles. The fraction of sp³-hybridized carbons (Fsp3) is 0.435. The fourth-order valence-corrected chi connectivity index (χ4v) is 4.54. The highest BCUT2D eigenvalue weighted by Crippen LogP contribution is 2.32. The molecule has 29 heavy (non-hydrogen) atoms. The van der Waals surface area contributed by atoms with Gasteiger partial charge in [0.1, 0.15) is 4.32 Å². The molecule has 0 unspecified atom stereocenters. The zero-order chi connectivity index (χ0) is 21.1. The number of carboxylic acid groups (broad SMARTS) is 1. The summed E-state index contributed by atoms with van der Waals surface area (Å²) in [7, 11) is 0. The van der Waals surface area contributed by atoms with Crippen molar-refractivity contribution in [3.05, 3.63) is 52.4 Å². The lowest BCUT2D eigenvalue weighted by molar-refractivity contribution is -0.137. The van der Waals surface area contributed by atoms with Gasteiger partial charge in [0.25, 0.3) is 5.91 Å². The van der Waals surface area contributed by atoms with Gasteiger partial charge >= 0.3 is 5.97 Å². The van der Waals surface area contributed by atoms with Gasteiger partial charge in [-0.3, -0.25) is 14.5 Å². The van der Waals surface area contributed by atoms with Crippen molar-refractivity contribution in [1.82, 2.24) is 4.90 Å². The molecular weight excluding hydrogens is 402 g/mol. The zero-order valence-electron chi connectivity index (χ0n) is 16.9. The quantitative estimate of drug-likeness (QED) is 0.248. The van der Waals surface area contributed by atoms with Gasteiger partial charge in [-0.2, -0.15) is 0 Å². The van der Waals surface area contributed by atoms with Crippen LogP contribution >= 0.6 is 24.0 Å². The van der Waals surface area contributed by atoms with E-state index in [1.165, 1.54) is 11.8 Å². The highest BCUT2D eigenvalue weighted by Gasteiger charge is 2.31. The number of hydrogen-bond donors (Lipinski definition) is 1. The summed E-state index contributed by atoms with van der Waals surface area (Å²) in [6.07, 6.45) is 11.3. The molecule has 0 atom stereocenters. The molecule has 1 saturated heterocycles. The van der Waals surface area contributed by atoms with Crippen molar-refractivity contribution in [2.45, 2.75) is 58.3 Å². The minimum atomic E-state index is -0.715. The third-order valence-electron chi connectivity index (χ3n) is 4.70. The van der Waals surface area contributed by atoms with Crippen LogP contribution in [0, 0.1) is 0 Å². The Bertz CT molecular complexity index is 772. The highest BCUT2D eigenvalue weighted by molar-refractivity contribution is 8.26. The zero-order valence-corrected chi connectivity index (χ0v) is 18.6. The number of unbranched alkanes of at least 4 members (excludes halogenated alkanes) is 6. The molecule has 0 aliphatic carbocycles. The number of carboxylic acids is 1. The largest absolute Gasteiger partial charge is 0.481 e. The number of carbonyl (C=O) groups excluding carboxylic acids is 1. The molecule has 2 rings (SSSR count). The highest BCUT2D eigenvalue weighted by atomic mass is 32.2. The van der Waals surface area contributed by atoms with E-state index in [0.29, 0.717) is 15.8 Å². The lowest BCUT2D eigenvalue weighted by Gasteiger charge is -2.14. The molecule has 1 aromatic rings. The molecule has 0 saturated carbocycles. The summed E-state index contributed by atoms with van der Waals surface area (Å²) >= 11 is 6.79. The van der Waals surface area contributed by atoms with Crippen LogP contribution in [0.25, 0.3) is 6.08 Å². The van der Waals surface area contributed by atoms with Crippen LogP contribution in [0.5, 0.6) is 0 Å². The van der Waals surface area contributed by atoms with E-state index in [1.54, 1.807) is 4.90 Å². The van der Waals surface area contributed by atoms with E-state index in [9.17, 15) is 9.59 Å². The van der Waals surface area contributed by atoms with Crippen molar-refractivity contribution in [3.8, 4) is 0 Å². The Hall–Kier alpha value is -1.92. The minimum Gasteiger partial charge on any atom is -0.481 e. The maximum absolute atomic E-state index is 12.7. The first kappa shape index (κ1) is 23.4. The maximum Gasteiger partial charge on any atom is 0.303 e. The van der Waals surface area contributed by atoms with Gasteiger partial charge < -0.3 is 5.11 Å². The first-order chi connectivity index (χ1) is 14.0. The Morgan fingerprint density at radius 2 is 1.69 bits per heavy atom. The summed E-state index contributed by atoms with van der Waals surface area (Å²) in [5, 5.41) is 8.61. The Kier molecular flexibility index (Phi) is 10.2. The van der Waals surface area contributed by atoms with E-state index >= 15 is 0 Å². The monoisotopic (exact) mass is 431 g/mol. The van der Waals surface area contributed by atoms with Crippen molar-refractivity contribution < 1.29 is 14.7 Å². The molecule has 1 amide bonds. The third-order valence-corrected chi connectivity index (χ3v) is 6.08. The van der Waals surface area contributed by atoms with Gasteiger partial charge in [0.15, 0.2) is 0 Å². The van der Waals surface area contributed by atoms with E-state index in [2.05, 4.69) is 6.08 Å². The Morgan fingerprint density at radius 1 is 1.07 bits per heavy atom. The number of nitrogens with zero attached hydrogens (tertiary/aromatic N) is 1. The number of carbonyl (C=O) groups is 2. The van der Waals surface area contributed by atoms with Crippen LogP contribution in [0.3, 0.4) is 0 Å². The Morgan fingerprint density at radius 3 is 2.34 bits per heavy atom. The molecule has 1 heterocycles. The molecule has 4 nitrogen and oxygen atoms in total. The standard InChI is InChI=1S/C23H29NO3S2/c1-18(16-19-12-8-7-9-13-19)17-20-22(27)24(23(28)29-20)15-11-6-4-2-3-5-10-14-21(25)26/h7-9,12-13,16-17H,2-6,10-11,14-15H2,1H3,(H,25,26)/b18-16+,20-17-. The van der Waals surface area contributed by atoms with Crippen LogP contribution in [0.1, 0.15) is 63.9 Å². The fourth-order valence-electron chi connectivity index (χ4n) is 3.18. The second kappa shape index (κ2) is 12.6. The van der Waals surface area contributed by atoms with Crippen LogP contribution < -0.4 is 0 Å². The summed E-state index contributed by atoms with van der Waals surface area (Å²) in [5.41, 5.74) is 2.14. The predicted octanol–water partition coefficient (Wildman–Crippen LogP) is 6.04. The number of amides is 1. The topological polar surface area (TPSA) is 57.6 Å². The summed E-state index contributed by atoms with van der Waals surface area (Å²) in [5.74, 6) is -0.706. The average Bonchev–Trinajstić information content (AvgIpc) is 2.94. The van der Waals surface area contributed by atoms with E-state index in [0.717, 1.165) is 56.1 Å². The van der Waals surface area contributed by atoms with Crippen molar-refractivity contribution in [2.24, 2.45) is 0 Å². The van der Waals surface area contributed by atoms with Crippen LogP contribution in [0.4, 0.5) is 0 Å². The van der Waals surface area contributed by atoms with Gasteiger partial charge in [-0.15, -0.1) is 0 Å². The van der Waals surface area contributed by atoms with Crippen molar-refractivity contribution in [1.29, 1.82) is 0 Å². The minimum absolute atomic E-state index is 0.00878. The number of benzene rings is 1. The van der Waals surface area contributed by atoms with Crippen LogP contribution in [0.15, 0.2) is 46.9 Å².